The number of methoxy groups -OCH3 is 1. The third-order valence-corrected chi connectivity index (χ3v) is 2.34. The third kappa shape index (κ3) is 4.16. The second-order valence-corrected chi connectivity index (χ2v) is 3.89. The Hall–Kier alpha value is -0.640. The van der Waals surface area contributed by atoms with Crippen LogP contribution < -0.4 is 5.32 Å². The fourth-order valence-electron chi connectivity index (χ4n) is 1.25. The Morgan fingerprint density at radius 1 is 1.53 bits per heavy atom. The molecule has 4 heteroatoms. The SMILES string of the molecule is COC[C@@H](C)NCc1ccc(F)c(Cl)c1. The lowest BCUT2D eigenvalue weighted by Crippen LogP contribution is -2.29. The van der Waals surface area contributed by atoms with E-state index in [2.05, 4.69) is 5.32 Å². The molecular weight excluding hydrogens is 217 g/mol. The summed E-state index contributed by atoms with van der Waals surface area (Å²) in [5.41, 5.74) is 0.962. The van der Waals surface area contributed by atoms with E-state index in [-0.39, 0.29) is 16.9 Å². The van der Waals surface area contributed by atoms with Crippen LogP contribution in [0, 0.1) is 5.82 Å². The predicted octanol–water partition coefficient (Wildman–Crippen LogP) is 2.60. The highest BCUT2D eigenvalue weighted by Crippen LogP contribution is 2.15. The number of hydrogen-bond acceptors (Lipinski definition) is 2. The van der Waals surface area contributed by atoms with Gasteiger partial charge in [0.1, 0.15) is 5.82 Å². The van der Waals surface area contributed by atoms with E-state index in [1.165, 1.54) is 6.07 Å². The van der Waals surface area contributed by atoms with Gasteiger partial charge >= 0.3 is 0 Å². The maximum atomic E-state index is 12.8. The van der Waals surface area contributed by atoms with Crippen LogP contribution >= 0.6 is 11.6 Å². The van der Waals surface area contributed by atoms with Crippen molar-refractivity contribution in [3.8, 4) is 0 Å². The number of ether oxygens (including phenoxy) is 1. The highest BCUT2D eigenvalue weighted by Gasteiger charge is 2.03. The summed E-state index contributed by atoms with van der Waals surface area (Å²) in [6.07, 6.45) is 0. The van der Waals surface area contributed by atoms with Gasteiger partial charge in [0.2, 0.25) is 0 Å². The summed E-state index contributed by atoms with van der Waals surface area (Å²) < 4.78 is 17.8. The Morgan fingerprint density at radius 3 is 2.87 bits per heavy atom. The standard InChI is InChI=1S/C11H15ClFNO/c1-8(7-15-2)14-6-9-3-4-11(13)10(12)5-9/h3-5,8,14H,6-7H2,1-2H3/t8-/m1/s1. The zero-order chi connectivity index (χ0) is 11.3. The molecule has 15 heavy (non-hydrogen) atoms. The molecule has 0 bridgehead atoms. The van der Waals surface area contributed by atoms with Crippen LogP contribution in [0.5, 0.6) is 0 Å². The molecule has 0 fully saturated rings. The molecule has 0 aliphatic heterocycles. The van der Waals surface area contributed by atoms with Crippen molar-refractivity contribution >= 4 is 11.6 Å². The van der Waals surface area contributed by atoms with Crippen molar-refractivity contribution in [2.75, 3.05) is 13.7 Å². The third-order valence-electron chi connectivity index (χ3n) is 2.06. The summed E-state index contributed by atoms with van der Waals surface area (Å²) in [7, 11) is 1.66. The maximum Gasteiger partial charge on any atom is 0.141 e. The van der Waals surface area contributed by atoms with Crippen molar-refractivity contribution in [1.29, 1.82) is 0 Å². The highest BCUT2D eigenvalue weighted by molar-refractivity contribution is 6.30. The second-order valence-electron chi connectivity index (χ2n) is 3.49. The Balaban J connectivity index is 2.47. The normalized spacial score (nSPS) is 12.8. The minimum Gasteiger partial charge on any atom is -0.383 e. The van der Waals surface area contributed by atoms with E-state index >= 15 is 0 Å². The molecule has 0 unspecified atom stereocenters. The van der Waals surface area contributed by atoms with E-state index < -0.39 is 0 Å². The van der Waals surface area contributed by atoms with Gasteiger partial charge in [-0.1, -0.05) is 17.7 Å². The summed E-state index contributed by atoms with van der Waals surface area (Å²) in [4.78, 5) is 0. The smallest absolute Gasteiger partial charge is 0.141 e. The molecule has 0 spiro atoms. The Labute approximate surface area is 94.4 Å². The summed E-state index contributed by atoms with van der Waals surface area (Å²) in [5, 5.41) is 3.40. The number of nitrogens with one attached hydrogen (secondary N) is 1. The van der Waals surface area contributed by atoms with Crippen LogP contribution in [0.1, 0.15) is 12.5 Å². The minimum atomic E-state index is -0.384. The monoisotopic (exact) mass is 231 g/mol. The van der Waals surface area contributed by atoms with E-state index in [4.69, 9.17) is 16.3 Å². The first-order valence-electron chi connectivity index (χ1n) is 4.79. The molecule has 1 aromatic carbocycles. The molecular formula is C11H15ClFNO. The Kier molecular flexibility index (Phi) is 5.02. The van der Waals surface area contributed by atoms with Gasteiger partial charge in [0.15, 0.2) is 0 Å². The largest absolute Gasteiger partial charge is 0.383 e. The minimum absolute atomic E-state index is 0.161. The average molecular weight is 232 g/mol. The van der Waals surface area contributed by atoms with Crippen molar-refractivity contribution in [1.82, 2.24) is 5.32 Å². The van der Waals surface area contributed by atoms with Gasteiger partial charge in [-0.3, -0.25) is 0 Å². The van der Waals surface area contributed by atoms with E-state index in [0.29, 0.717) is 13.2 Å². The fraction of sp³-hybridized carbons (Fsp3) is 0.455. The molecule has 84 valence electrons. The van der Waals surface area contributed by atoms with E-state index in [1.807, 2.05) is 6.92 Å². The van der Waals surface area contributed by atoms with Crippen molar-refractivity contribution in [3.63, 3.8) is 0 Å². The van der Waals surface area contributed by atoms with Gasteiger partial charge in [-0.05, 0) is 24.6 Å². The van der Waals surface area contributed by atoms with Crippen molar-refractivity contribution in [2.24, 2.45) is 0 Å². The van der Waals surface area contributed by atoms with Gasteiger partial charge in [0.05, 0.1) is 11.6 Å². The Bertz CT molecular complexity index is 319. The quantitative estimate of drug-likeness (QED) is 0.841. The first-order valence-corrected chi connectivity index (χ1v) is 5.17. The fourth-order valence-corrected chi connectivity index (χ4v) is 1.45. The zero-order valence-corrected chi connectivity index (χ0v) is 9.64. The molecule has 1 atom stereocenters. The van der Waals surface area contributed by atoms with Crippen molar-refractivity contribution in [3.05, 3.63) is 34.6 Å². The van der Waals surface area contributed by atoms with Crippen molar-refractivity contribution in [2.45, 2.75) is 19.5 Å². The van der Waals surface area contributed by atoms with Crippen molar-refractivity contribution < 1.29 is 9.13 Å². The van der Waals surface area contributed by atoms with Gasteiger partial charge < -0.3 is 10.1 Å². The molecule has 0 amide bonds. The average Bonchev–Trinajstić information content (AvgIpc) is 2.20. The lowest BCUT2D eigenvalue weighted by atomic mass is 10.2. The van der Waals surface area contributed by atoms with Crippen LogP contribution in [0.4, 0.5) is 4.39 Å². The van der Waals surface area contributed by atoms with Gasteiger partial charge in [-0.2, -0.15) is 0 Å². The molecule has 1 aromatic rings. The second kappa shape index (κ2) is 6.05. The molecule has 0 aliphatic carbocycles. The van der Waals surface area contributed by atoms with E-state index in [9.17, 15) is 4.39 Å². The predicted molar refractivity (Wildman–Crippen MR) is 59.6 cm³/mol. The van der Waals surface area contributed by atoms with E-state index in [0.717, 1.165) is 5.56 Å². The lowest BCUT2D eigenvalue weighted by molar-refractivity contribution is 0.171. The first-order chi connectivity index (χ1) is 7.13. The molecule has 0 aliphatic rings. The lowest BCUT2D eigenvalue weighted by Gasteiger charge is -2.12. The van der Waals surface area contributed by atoms with Crippen LogP contribution in [-0.2, 0) is 11.3 Å². The molecule has 0 saturated heterocycles. The van der Waals surface area contributed by atoms with Crippen LogP contribution in [0.25, 0.3) is 0 Å². The van der Waals surface area contributed by atoms with Crippen LogP contribution in [0.15, 0.2) is 18.2 Å². The van der Waals surface area contributed by atoms with Crippen LogP contribution in [0.3, 0.4) is 0 Å². The summed E-state index contributed by atoms with van der Waals surface area (Å²) in [6, 6.07) is 4.98. The number of hydrogen-bond donors (Lipinski definition) is 1. The molecule has 0 radical (unpaired) electrons. The molecule has 0 heterocycles. The zero-order valence-electron chi connectivity index (χ0n) is 8.89. The summed E-state index contributed by atoms with van der Waals surface area (Å²) in [5.74, 6) is -0.384. The Morgan fingerprint density at radius 2 is 2.27 bits per heavy atom. The van der Waals surface area contributed by atoms with Crippen LogP contribution in [0.2, 0.25) is 5.02 Å². The molecule has 1 N–H and O–H groups in total. The molecule has 2 nitrogen and oxygen atoms in total. The molecule has 0 aromatic heterocycles. The number of benzene rings is 1. The maximum absolute atomic E-state index is 12.8. The number of halogens is 2. The summed E-state index contributed by atoms with van der Waals surface area (Å²) >= 11 is 5.66. The van der Waals surface area contributed by atoms with Gasteiger partial charge in [-0.15, -0.1) is 0 Å². The number of rotatable bonds is 5. The van der Waals surface area contributed by atoms with Crippen LogP contribution in [-0.4, -0.2) is 19.8 Å². The first kappa shape index (κ1) is 12.4. The molecule has 0 saturated carbocycles. The van der Waals surface area contributed by atoms with Gasteiger partial charge in [0.25, 0.3) is 0 Å². The summed E-state index contributed by atoms with van der Waals surface area (Å²) in [6.45, 7) is 3.33. The molecule has 1 rings (SSSR count). The van der Waals surface area contributed by atoms with Gasteiger partial charge in [-0.25, -0.2) is 4.39 Å². The highest BCUT2D eigenvalue weighted by atomic mass is 35.5. The van der Waals surface area contributed by atoms with Gasteiger partial charge in [0, 0.05) is 19.7 Å². The van der Waals surface area contributed by atoms with E-state index in [1.54, 1.807) is 19.2 Å². The topological polar surface area (TPSA) is 21.3 Å².